The van der Waals surface area contributed by atoms with Crippen molar-refractivity contribution in [3.63, 3.8) is 0 Å². The Morgan fingerprint density at radius 3 is 2.53 bits per heavy atom. The molecule has 10 nitrogen and oxygen atoms in total. The number of morpholine rings is 1. The lowest BCUT2D eigenvalue weighted by Crippen LogP contribution is -2.40. The highest BCUT2D eigenvalue weighted by molar-refractivity contribution is 5.89. The van der Waals surface area contributed by atoms with Crippen LogP contribution in [0.2, 0.25) is 0 Å². The number of carbonyl (C=O) groups excluding carboxylic acids is 1. The lowest BCUT2D eigenvalue weighted by Gasteiger charge is -2.34. The fourth-order valence-corrected chi connectivity index (χ4v) is 4.23. The van der Waals surface area contributed by atoms with Crippen LogP contribution in [0.5, 0.6) is 0 Å². The van der Waals surface area contributed by atoms with Gasteiger partial charge in [-0.25, -0.2) is 24.7 Å². The van der Waals surface area contributed by atoms with Crippen molar-refractivity contribution in [2.45, 2.75) is 19.9 Å². The van der Waals surface area contributed by atoms with Gasteiger partial charge in [0.05, 0.1) is 25.5 Å². The monoisotopic (exact) mass is 460 g/mol. The van der Waals surface area contributed by atoms with Crippen LogP contribution < -0.4 is 20.4 Å². The van der Waals surface area contributed by atoms with E-state index in [1.807, 2.05) is 37.3 Å². The molecule has 10 heteroatoms. The van der Waals surface area contributed by atoms with Crippen molar-refractivity contribution < 1.29 is 9.53 Å². The minimum atomic E-state index is -0.221. The molecule has 0 spiro atoms. The minimum absolute atomic E-state index is 0.221. The molecule has 2 aromatic heterocycles. The Labute approximate surface area is 198 Å². The van der Waals surface area contributed by atoms with Gasteiger partial charge in [0.25, 0.3) is 0 Å². The summed E-state index contributed by atoms with van der Waals surface area (Å²) in [6.45, 7) is 6.87. The molecule has 0 aliphatic carbocycles. The number of nitrogens with one attached hydrogen (secondary N) is 2. The van der Waals surface area contributed by atoms with E-state index in [4.69, 9.17) is 14.7 Å². The maximum Gasteiger partial charge on any atom is 0.319 e. The standard InChI is InChI=1S/C24H28N8O2/c1-2-25-24(33)28-18-6-4-17(5-7-18)21-29-20-8-11-32(23-26-9-3-10-27-23)16-19(20)22(30-21)31-12-14-34-15-13-31/h3-7,9-10H,2,8,11-16H2,1H3,(H2,25,28,33). The zero-order chi connectivity index (χ0) is 23.3. The Hall–Kier alpha value is -3.79. The second-order valence-corrected chi connectivity index (χ2v) is 8.18. The molecule has 1 fully saturated rings. The molecule has 2 amide bonds. The summed E-state index contributed by atoms with van der Waals surface area (Å²) in [5.41, 5.74) is 3.81. The van der Waals surface area contributed by atoms with Gasteiger partial charge in [0.1, 0.15) is 5.82 Å². The van der Waals surface area contributed by atoms with E-state index in [9.17, 15) is 4.79 Å². The Bertz CT molecular complexity index is 1130. The van der Waals surface area contributed by atoms with E-state index in [1.54, 1.807) is 12.4 Å². The number of aromatic nitrogens is 4. The van der Waals surface area contributed by atoms with Gasteiger partial charge in [0.15, 0.2) is 5.82 Å². The number of anilines is 3. The van der Waals surface area contributed by atoms with Crippen LogP contribution in [0.25, 0.3) is 11.4 Å². The number of ether oxygens (including phenoxy) is 1. The van der Waals surface area contributed by atoms with Crippen molar-refractivity contribution in [1.82, 2.24) is 25.3 Å². The van der Waals surface area contributed by atoms with Crippen LogP contribution in [-0.4, -0.2) is 65.4 Å². The SMILES string of the molecule is CCNC(=O)Nc1ccc(-c2nc3c(c(N4CCOCC4)n2)CN(c2ncccn2)CC3)cc1. The summed E-state index contributed by atoms with van der Waals surface area (Å²) >= 11 is 0. The quantitative estimate of drug-likeness (QED) is 0.598. The van der Waals surface area contributed by atoms with Gasteiger partial charge in [-0.2, -0.15) is 0 Å². The first-order valence-corrected chi connectivity index (χ1v) is 11.6. The molecule has 0 radical (unpaired) electrons. The molecule has 34 heavy (non-hydrogen) atoms. The number of urea groups is 1. The summed E-state index contributed by atoms with van der Waals surface area (Å²) in [6.07, 6.45) is 4.33. The van der Waals surface area contributed by atoms with Gasteiger partial charge in [-0.1, -0.05) is 0 Å². The van der Waals surface area contributed by atoms with Crippen LogP contribution in [0.15, 0.2) is 42.7 Å². The molecule has 0 unspecified atom stereocenters. The van der Waals surface area contributed by atoms with E-state index in [2.05, 4.69) is 30.4 Å². The molecule has 2 aliphatic heterocycles. The molecule has 2 N–H and O–H groups in total. The summed E-state index contributed by atoms with van der Waals surface area (Å²) in [5, 5.41) is 5.55. The normalized spacial score (nSPS) is 15.6. The Kier molecular flexibility index (Phi) is 6.48. The third kappa shape index (κ3) is 4.76. The van der Waals surface area contributed by atoms with Crippen molar-refractivity contribution in [2.24, 2.45) is 0 Å². The van der Waals surface area contributed by atoms with Crippen LogP contribution >= 0.6 is 0 Å². The fraction of sp³-hybridized carbons (Fsp3) is 0.375. The highest BCUT2D eigenvalue weighted by Gasteiger charge is 2.27. The Balaban J connectivity index is 1.46. The molecule has 1 aromatic carbocycles. The average Bonchev–Trinajstić information content (AvgIpc) is 2.89. The van der Waals surface area contributed by atoms with Gasteiger partial charge in [-0.15, -0.1) is 0 Å². The fourth-order valence-electron chi connectivity index (χ4n) is 4.23. The number of amides is 2. The van der Waals surface area contributed by atoms with Crippen molar-refractivity contribution >= 4 is 23.5 Å². The average molecular weight is 461 g/mol. The van der Waals surface area contributed by atoms with Crippen LogP contribution in [0, 0.1) is 0 Å². The number of hydrogen-bond donors (Lipinski definition) is 2. The highest BCUT2D eigenvalue weighted by atomic mass is 16.5. The number of fused-ring (bicyclic) bond motifs is 1. The number of hydrogen-bond acceptors (Lipinski definition) is 8. The van der Waals surface area contributed by atoms with Crippen molar-refractivity contribution in [3.05, 3.63) is 54.0 Å². The van der Waals surface area contributed by atoms with E-state index in [0.29, 0.717) is 32.1 Å². The summed E-state index contributed by atoms with van der Waals surface area (Å²) in [6, 6.07) is 9.24. The second kappa shape index (κ2) is 10.0. The maximum absolute atomic E-state index is 11.8. The first kappa shape index (κ1) is 22.0. The highest BCUT2D eigenvalue weighted by Crippen LogP contribution is 2.31. The maximum atomic E-state index is 11.8. The lowest BCUT2D eigenvalue weighted by molar-refractivity contribution is 0.122. The summed E-state index contributed by atoms with van der Waals surface area (Å²) in [7, 11) is 0. The molecular weight excluding hydrogens is 432 g/mol. The molecule has 1 saturated heterocycles. The van der Waals surface area contributed by atoms with E-state index in [0.717, 1.165) is 60.3 Å². The largest absolute Gasteiger partial charge is 0.378 e. The second-order valence-electron chi connectivity index (χ2n) is 8.18. The number of rotatable bonds is 5. The molecule has 0 atom stereocenters. The van der Waals surface area contributed by atoms with E-state index < -0.39 is 0 Å². The summed E-state index contributed by atoms with van der Waals surface area (Å²) in [5.74, 6) is 2.36. The van der Waals surface area contributed by atoms with Crippen molar-refractivity contribution in [2.75, 3.05) is 54.5 Å². The van der Waals surface area contributed by atoms with Crippen molar-refractivity contribution in [3.8, 4) is 11.4 Å². The van der Waals surface area contributed by atoms with Crippen LogP contribution in [0.3, 0.4) is 0 Å². The summed E-state index contributed by atoms with van der Waals surface area (Å²) in [4.78, 5) is 35.1. The Morgan fingerprint density at radius 1 is 1.03 bits per heavy atom. The zero-order valence-electron chi connectivity index (χ0n) is 19.2. The predicted molar refractivity (Wildman–Crippen MR) is 130 cm³/mol. The van der Waals surface area contributed by atoms with Gasteiger partial charge >= 0.3 is 6.03 Å². The summed E-state index contributed by atoms with van der Waals surface area (Å²) < 4.78 is 5.58. The molecule has 4 heterocycles. The smallest absolute Gasteiger partial charge is 0.319 e. The topological polar surface area (TPSA) is 108 Å². The van der Waals surface area contributed by atoms with Crippen LogP contribution in [0.4, 0.5) is 22.2 Å². The van der Waals surface area contributed by atoms with Crippen LogP contribution in [0.1, 0.15) is 18.2 Å². The van der Waals surface area contributed by atoms with E-state index in [-0.39, 0.29) is 6.03 Å². The third-order valence-electron chi connectivity index (χ3n) is 5.92. The molecule has 2 aliphatic rings. The molecular formula is C24H28N8O2. The first-order valence-electron chi connectivity index (χ1n) is 11.6. The van der Waals surface area contributed by atoms with E-state index >= 15 is 0 Å². The van der Waals surface area contributed by atoms with Gasteiger partial charge in [-0.05, 0) is 37.3 Å². The van der Waals surface area contributed by atoms with Crippen LogP contribution in [-0.2, 0) is 17.7 Å². The zero-order valence-corrected chi connectivity index (χ0v) is 19.2. The molecule has 176 valence electrons. The van der Waals surface area contributed by atoms with Gasteiger partial charge in [0.2, 0.25) is 5.95 Å². The number of benzene rings is 1. The van der Waals surface area contributed by atoms with Crippen molar-refractivity contribution in [1.29, 1.82) is 0 Å². The predicted octanol–water partition coefficient (Wildman–Crippen LogP) is 2.47. The third-order valence-corrected chi connectivity index (χ3v) is 5.92. The molecule has 3 aromatic rings. The van der Waals surface area contributed by atoms with E-state index in [1.165, 1.54) is 0 Å². The lowest BCUT2D eigenvalue weighted by atomic mass is 10.0. The number of carbonyl (C=O) groups is 1. The number of nitrogens with zero attached hydrogens (tertiary/aromatic N) is 6. The molecule has 0 bridgehead atoms. The first-order chi connectivity index (χ1) is 16.7. The van der Waals surface area contributed by atoms with Gasteiger partial charge < -0.3 is 25.2 Å². The molecule has 5 rings (SSSR count). The molecule has 0 saturated carbocycles. The Morgan fingerprint density at radius 2 is 1.79 bits per heavy atom. The van der Waals surface area contributed by atoms with Gasteiger partial charge in [-0.3, -0.25) is 0 Å². The van der Waals surface area contributed by atoms with Gasteiger partial charge in [0, 0.05) is 61.8 Å². The minimum Gasteiger partial charge on any atom is -0.378 e.